The van der Waals surface area contributed by atoms with Gasteiger partial charge in [0.25, 0.3) is 0 Å². The average Bonchev–Trinajstić information content (AvgIpc) is 2.15. The standard InChI is InChI=1S/C11H17NO3S/c1-8-7-9(5-6-10(8)15-4)16(13,14)11(2,3)12/h5-7H,12H2,1-4H3. The van der Waals surface area contributed by atoms with Gasteiger partial charge in [0.2, 0.25) is 0 Å². The van der Waals surface area contributed by atoms with Crippen molar-refractivity contribution in [2.24, 2.45) is 5.73 Å². The van der Waals surface area contributed by atoms with Crippen LogP contribution in [0.1, 0.15) is 19.4 Å². The number of rotatable bonds is 3. The van der Waals surface area contributed by atoms with Crippen LogP contribution in [0.5, 0.6) is 5.75 Å². The third-order valence-electron chi connectivity index (χ3n) is 2.37. The van der Waals surface area contributed by atoms with E-state index in [0.717, 1.165) is 5.56 Å². The molecule has 0 amide bonds. The molecule has 0 fully saturated rings. The molecule has 0 heterocycles. The van der Waals surface area contributed by atoms with Crippen molar-refractivity contribution in [3.05, 3.63) is 23.8 Å². The van der Waals surface area contributed by atoms with E-state index in [9.17, 15) is 8.42 Å². The number of ether oxygens (including phenoxy) is 1. The molecular formula is C11H17NO3S. The van der Waals surface area contributed by atoms with Gasteiger partial charge in [-0.2, -0.15) is 0 Å². The van der Waals surface area contributed by atoms with Gasteiger partial charge in [-0.1, -0.05) is 0 Å². The fourth-order valence-electron chi connectivity index (χ4n) is 1.32. The summed E-state index contributed by atoms with van der Waals surface area (Å²) in [5.41, 5.74) is 6.42. The van der Waals surface area contributed by atoms with E-state index in [1.54, 1.807) is 26.2 Å². The Kier molecular flexibility index (Phi) is 3.30. The van der Waals surface area contributed by atoms with E-state index in [1.807, 2.05) is 0 Å². The zero-order valence-corrected chi connectivity index (χ0v) is 10.8. The maximum absolute atomic E-state index is 12.0. The normalized spacial score (nSPS) is 12.6. The predicted molar refractivity (Wildman–Crippen MR) is 63.2 cm³/mol. The highest BCUT2D eigenvalue weighted by Crippen LogP contribution is 2.26. The molecule has 0 aliphatic rings. The van der Waals surface area contributed by atoms with Crippen molar-refractivity contribution < 1.29 is 13.2 Å². The van der Waals surface area contributed by atoms with E-state index in [2.05, 4.69) is 0 Å². The Balaban J connectivity index is 3.32. The van der Waals surface area contributed by atoms with Crippen LogP contribution in [0, 0.1) is 6.92 Å². The SMILES string of the molecule is COc1ccc(S(=O)(=O)C(C)(C)N)cc1C. The van der Waals surface area contributed by atoms with Crippen molar-refractivity contribution in [2.75, 3.05) is 7.11 Å². The molecular weight excluding hydrogens is 226 g/mol. The summed E-state index contributed by atoms with van der Waals surface area (Å²) in [5.74, 6) is 0.661. The zero-order chi connectivity index (χ0) is 12.6. The molecule has 0 bridgehead atoms. The van der Waals surface area contributed by atoms with Crippen LogP contribution < -0.4 is 10.5 Å². The number of methoxy groups -OCH3 is 1. The molecule has 16 heavy (non-hydrogen) atoms. The summed E-state index contributed by atoms with van der Waals surface area (Å²) >= 11 is 0. The lowest BCUT2D eigenvalue weighted by Gasteiger charge is -2.19. The van der Waals surface area contributed by atoms with Crippen molar-refractivity contribution >= 4 is 9.84 Å². The van der Waals surface area contributed by atoms with Gasteiger partial charge in [0.15, 0.2) is 9.84 Å². The van der Waals surface area contributed by atoms with E-state index in [4.69, 9.17) is 10.5 Å². The Morgan fingerprint density at radius 3 is 2.25 bits per heavy atom. The Morgan fingerprint density at radius 1 is 1.31 bits per heavy atom. The maximum Gasteiger partial charge on any atom is 0.196 e. The molecule has 1 aromatic carbocycles. The summed E-state index contributed by atoms with van der Waals surface area (Å²) in [6, 6.07) is 4.71. The maximum atomic E-state index is 12.0. The van der Waals surface area contributed by atoms with Gasteiger partial charge < -0.3 is 10.5 Å². The van der Waals surface area contributed by atoms with Crippen molar-refractivity contribution in [2.45, 2.75) is 30.5 Å². The monoisotopic (exact) mass is 243 g/mol. The highest BCUT2D eigenvalue weighted by molar-refractivity contribution is 7.92. The smallest absolute Gasteiger partial charge is 0.196 e. The molecule has 0 aromatic heterocycles. The first-order valence-corrected chi connectivity index (χ1v) is 6.36. The van der Waals surface area contributed by atoms with Crippen LogP contribution >= 0.6 is 0 Å². The van der Waals surface area contributed by atoms with Crippen molar-refractivity contribution in [1.82, 2.24) is 0 Å². The molecule has 0 atom stereocenters. The molecule has 5 heteroatoms. The van der Waals surface area contributed by atoms with E-state index < -0.39 is 14.7 Å². The lowest BCUT2D eigenvalue weighted by Crippen LogP contribution is -2.41. The minimum absolute atomic E-state index is 0.221. The van der Waals surface area contributed by atoms with Gasteiger partial charge in [-0.25, -0.2) is 8.42 Å². The van der Waals surface area contributed by atoms with Crippen LogP contribution in [0.15, 0.2) is 23.1 Å². The first-order valence-electron chi connectivity index (χ1n) is 4.88. The minimum atomic E-state index is -3.50. The molecule has 1 aromatic rings. The highest BCUT2D eigenvalue weighted by atomic mass is 32.2. The Bertz CT molecular complexity index is 486. The molecule has 0 saturated heterocycles. The molecule has 0 unspecified atom stereocenters. The number of nitrogens with two attached hydrogens (primary N) is 1. The summed E-state index contributed by atoms with van der Waals surface area (Å²) in [4.78, 5) is -1.06. The molecule has 1 rings (SSSR count). The second kappa shape index (κ2) is 4.07. The van der Waals surface area contributed by atoms with Crippen LogP contribution in [0.4, 0.5) is 0 Å². The summed E-state index contributed by atoms with van der Waals surface area (Å²) in [7, 11) is -1.96. The number of aryl methyl sites for hydroxylation is 1. The van der Waals surface area contributed by atoms with E-state index in [0.29, 0.717) is 5.75 Å². The molecule has 0 spiro atoms. The first kappa shape index (κ1) is 13.0. The molecule has 90 valence electrons. The molecule has 0 saturated carbocycles. The van der Waals surface area contributed by atoms with Crippen molar-refractivity contribution in [1.29, 1.82) is 0 Å². The van der Waals surface area contributed by atoms with Crippen LogP contribution in [0.3, 0.4) is 0 Å². The van der Waals surface area contributed by atoms with E-state index in [-0.39, 0.29) is 4.90 Å². The van der Waals surface area contributed by atoms with Crippen LogP contribution in [0.2, 0.25) is 0 Å². The largest absolute Gasteiger partial charge is 0.496 e. The van der Waals surface area contributed by atoms with Gasteiger partial charge in [-0.15, -0.1) is 0 Å². The quantitative estimate of drug-likeness (QED) is 0.872. The van der Waals surface area contributed by atoms with Gasteiger partial charge in [0.05, 0.1) is 12.0 Å². The molecule has 0 aliphatic heterocycles. The topological polar surface area (TPSA) is 69.4 Å². The van der Waals surface area contributed by atoms with Gasteiger partial charge in [0, 0.05) is 0 Å². The fraction of sp³-hybridized carbons (Fsp3) is 0.455. The van der Waals surface area contributed by atoms with Crippen molar-refractivity contribution in [3.8, 4) is 5.75 Å². The summed E-state index contributed by atoms with van der Waals surface area (Å²) in [5, 5.41) is 0. The van der Waals surface area contributed by atoms with Crippen LogP contribution in [-0.2, 0) is 9.84 Å². The number of sulfone groups is 1. The number of hydrogen-bond donors (Lipinski definition) is 1. The molecule has 0 aliphatic carbocycles. The van der Waals surface area contributed by atoms with Gasteiger partial charge in [-0.3, -0.25) is 0 Å². The first-order chi connectivity index (χ1) is 7.20. The van der Waals surface area contributed by atoms with Gasteiger partial charge in [0.1, 0.15) is 10.6 Å². The minimum Gasteiger partial charge on any atom is -0.496 e. The third-order valence-corrected chi connectivity index (χ3v) is 4.63. The predicted octanol–water partition coefficient (Wildman–Crippen LogP) is 1.47. The van der Waals surface area contributed by atoms with Crippen molar-refractivity contribution in [3.63, 3.8) is 0 Å². The fourth-order valence-corrected chi connectivity index (χ4v) is 2.51. The lowest BCUT2D eigenvalue weighted by atomic mass is 10.2. The van der Waals surface area contributed by atoms with E-state index >= 15 is 0 Å². The summed E-state index contributed by atoms with van der Waals surface area (Å²) in [6.07, 6.45) is 0. The number of benzene rings is 1. The second-order valence-electron chi connectivity index (χ2n) is 4.24. The third kappa shape index (κ3) is 2.20. The highest BCUT2D eigenvalue weighted by Gasteiger charge is 2.31. The van der Waals surface area contributed by atoms with Gasteiger partial charge in [-0.05, 0) is 44.5 Å². The lowest BCUT2D eigenvalue weighted by molar-refractivity contribution is 0.411. The molecule has 4 nitrogen and oxygen atoms in total. The molecule has 0 radical (unpaired) electrons. The van der Waals surface area contributed by atoms with Crippen LogP contribution in [0.25, 0.3) is 0 Å². The zero-order valence-electron chi connectivity index (χ0n) is 9.94. The summed E-state index contributed by atoms with van der Waals surface area (Å²) < 4.78 is 29.2. The second-order valence-corrected chi connectivity index (χ2v) is 6.77. The summed E-state index contributed by atoms with van der Waals surface area (Å²) in [6.45, 7) is 4.74. The van der Waals surface area contributed by atoms with E-state index in [1.165, 1.54) is 19.9 Å². The average molecular weight is 243 g/mol. The Morgan fingerprint density at radius 2 is 1.88 bits per heavy atom. The number of hydrogen-bond acceptors (Lipinski definition) is 4. The Hall–Kier alpha value is -1.07. The Labute approximate surface area is 96.3 Å². The van der Waals surface area contributed by atoms with Crippen LogP contribution in [-0.4, -0.2) is 20.4 Å². The molecule has 2 N–H and O–H groups in total. The van der Waals surface area contributed by atoms with Gasteiger partial charge >= 0.3 is 0 Å².